The van der Waals surface area contributed by atoms with E-state index in [2.05, 4.69) is 10.6 Å². The van der Waals surface area contributed by atoms with Crippen molar-refractivity contribution in [2.75, 3.05) is 30.7 Å². The van der Waals surface area contributed by atoms with E-state index in [1.165, 1.54) is 11.4 Å². The fraction of sp³-hybridized carbons (Fsp3) is 0.385. The van der Waals surface area contributed by atoms with Gasteiger partial charge < -0.3 is 19.9 Å². The molecule has 0 bridgehead atoms. The first-order valence-electron chi connectivity index (χ1n) is 12.0. The van der Waals surface area contributed by atoms with Crippen LogP contribution in [0.25, 0.3) is 10.9 Å². The van der Waals surface area contributed by atoms with E-state index in [1.54, 1.807) is 13.1 Å². The Kier molecular flexibility index (Phi) is 7.65. The molecule has 4 rings (SSSR count). The van der Waals surface area contributed by atoms with Gasteiger partial charge in [-0.15, -0.1) is 0 Å². The molecule has 0 radical (unpaired) electrons. The number of ether oxygens (including phenoxy) is 1. The molecule has 9 nitrogen and oxygen atoms in total. The van der Waals surface area contributed by atoms with Gasteiger partial charge in [-0.05, 0) is 43.1 Å². The van der Waals surface area contributed by atoms with E-state index in [4.69, 9.17) is 4.74 Å². The maximum absolute atomic E-state index is 13.6. The van der Waals surface area contributed by atoms with Crippen molar-refractivity contribution in [3.05, 3.63) is 65.4 Å². The predicted octanol–water partition coefficient (Wildman–Crippen LogP) is 2.09. The number of aromatic nitrogens is 1. The van der Waals surface area contributed by atoms with Crippen LogP contribution in [-0.4, -0.2) is 63.9 Å². The molecule has 2 N–H and O–H groups in total. The first-order chi connectivity index (χ1) is 17.3. The summed E-state index contributed by atoms with van der Waals surface area (Å²) in [6.45, 7) is 3.13. The summed E-state index contributed by atoms with van der Waals surface area (Å²) < 4.78 is 34.2. The SMILES string of the molecule is CCc1cn2c3c(cc(C(=O)N[C@@H](Cc4ccccc4)[C@@H](CNC)OC=O)cc13)N(C)S(=O)(=O)CC2. The number of aryl methyl sites for hydroxylation is 2. The highest BCUT2D eigenvalue weighted by atomic mass is 32.2. The molecule has 36 heavy (non-hydrogen) atoms. The van der Waals surface area contributed by atoms with Crippen molar-refractivity contribution in [1.29, 1.82) is 0 Å². The molecule has 2 atom stereocenters. The smallest absolute Gasteiger partial charge is 0.293 e. The van der Waals surface area contributed by atoms with E-state index in [0.717, 1.165) is 28.5 Å². The van der Waals surface area contributed by atoms with Gasteiger partial charge in [0.25, 0.3) is 12.4 Å². The standard InChI is InChI=1S/C26H32N4O5S/c1-4-19-16-30-10-11-36(33,34)29(3)23-14-20(13-21(19)25(23)30)26(32)28-22(24(15-27-2)35-17-31)12-18-8-6-5-7-9-18/h5-9,13-14,16-17,22,24,27H,4,10-12,15H2,1-3H3,(H,28,32)/t22-,24+/m0/s1. The van der Waals surface area contributed by atoms with E-state index >= 15 is 0 Å². The minimum Gasteiger partial charge on any atom is -0.461 e. The summed E-state index contributed by atoms with van der Waals surface area (Å²) in [5.41, 5.74) is 3.67. The minimum absolute atomic E-state index is 0.0134. The van der Waals surface area contributed by atoms with Crippen molar-refractivity contribution in [2.45, 2.75) is 38.5 Å². The Labute approximate surface area is 211 Å². The first-order valence-corrected chi connectivity index (χ1v) is 13.6. The zero-order chi connectivity index (χ0) is 25.9. The van der Waals surface area contributed by atoms with Crippen LogP contribution in [0.15, 0.2) is 48.7 Å². The van der Waals surface area contributed by atoms with Gasteiger partial charge in [0.15, 0.2) is 0 Å². The fourth-order valence-corrected chi connectivity index (χ4v) is 5.91. The van der Waals surface area contributed by atoms with Crippen LogP contribution in [0.2, 0.25) is 0 Å². The van der Waals surface area contributed by atoms with Gasteiger partial charge in [0, 0.05) is 37.3 Å². The van der Waals surface area contributed by atoms with Gasteiger partial charge in [0.05, 0.1) is 23.0 Å². The normalized spacial score (nSPS) is 16.2. The molecule has 0 unspecified atom stereocenters. The third-order valence-corrected chi connectivity index (χ3v) is 8.45. The molecule has 0 saturated carbocycles. The van der Waals surface area contributed by atoms with Crippen molar-refractivity contribution in [3.8, 4) is 0 Å². The number of carbonyl (C=O) groups is 2. The van der Waals surface area contributed by atoms with Crippen LogP contribution < -0.4 is 14.9 Å². The number of benzene rings is 2. The molecule has 10 heteroatoms. The molecule has 1 amide bonds. The van der Waals surface area contributed by atoms with Crippen molar-refractivity contribution < 1.29 is 22.7 Å². The lowest BCUT2D eigenvalue weighted by atomic mass is 9.99. The number of likely N-dealkylation sites (N-methyl/N-ethyl adjacent to an activating group) is 1. The van der Waals surface area contributed by atoms with Crippen LogP contribution >= 0.6 is 0 Å². The summed E-state index contributed by atoms with van der Waals surface area (Å²) in [5, 5.41) is 6.91. The summed E-state index contributed by atoms with van der Waals surface area (Å²) >= 11 is 0. The maximum atomic E-state index is 13.6. The summed E-state index contributed by atoms with van der Waals surface area (Å²) in [5.74, 6) is -0.380. The Morgan fingerprint density at radius 3 is 2.64 bits per heavy atom. The fourth-order valence-electron chi connectivity index (χ4n) is 4.77. The van der Waals surface area contributed by atoms with Crippen LogP contribution in [0.1, 0.15) is 28.4 Å². The number of rotatable bonds is 10. The third-order valence-electron chi connectivity index (χ3n) is 6.72. The average molecular weight is 513 g/mol. The van der Waals surface area contributed by atoms with Gasteiger partial charge in [0.1, 0.15) is 6.10 Å². The number of nitrogens with one attached hydrogen (secondary N) is 2. The first kappa shape index (κ1) is 25.7. The maximum Gasteiger partial charge on any atom is 0.293 e. The lowest BCUT2D eigenvalue weighted by Gasteiger charge is -2.27. The van der Waals surface area contributed by atoms with Crippen LogP contribution in [0.4, 0.5) is 5.69 Å². The number of carbonyl (C=O) groups excluding carboxylic acids is 2. The van der Waals surface area contributed by atoms with Gasteiger partial charge in [-0.25, -0.2) is 8.42 Å². The highest BCUT2D eigenvalue weighted by Crippen LogP contribution is 2.35. The summed E-state index contributed by atoms with van der Waals surface area (Å²) in [6.07, 6.45) is 2.58. The second-order valence-corrected chi connectivity index (χ2v) is 11.1. The Morgan fingerprint density at radius 2 is 1.97 bits per heavy atom. The topological polar surface area (TPSA) is 110 Å². The second kappa shape index (κ2) is 10.7. The average Bonchev–Trinajstić information content (AvgIpc) is 3.20. The van der Waals surface area contributed by atoms with Gasteiger partial charge >= 0.3 is 0 Å². The summed E-state index contributed by atoms with van der Waals surface area (Å²) in [4.78, 5) is 24.8. The number of hydrogen-bond acceptors (Lipinski definition) is 6. The molecule has 1 aromatic heterocycles. The molecule has 192 valence electrons. The monoisotopic (exact) mass is 512 g/mol. The number of nitrogens with zero attached hydrogens (tertiary/aromatic N) is 2. The van der Waals surface area contributed by atoms with Gasteiger partial charge in [-0.1, -0.05) is 37.3 Å². The highest BCUT2D eigenvalue weighted by molar-refractivity contribution is 7.92. The second-order valence-electron chi connectivity index (χ2n) is 8.97. The number of amides is 1. The predicted molar refractivity (Wildman–Crippen MR) is 140 cm³/mol. The van der Waals surface area contributed by atoms with E-state index < -0.39 is 22.2 Å². The molecular formula is C26H32N4O5S. The quantitative estimate of drug-likeness (QED) is 0.403. The number of sulfonamides is 1. The molecule has 2 heterocycles. The molecule has 2 aromatic carbocycles. The summed E-state index contributed by atoms with van der Waals surface area (Å²) in [7, 11) is -0.248. The van der Waals surface area contributed by atoms with Gasteiger partial charge in [-0.2, -0.15) is 0 Å². The van der Waals surface area contributed by atoms with Crippen LogP contribution in [-0.2, 0) is 38.9 Å². The van der Waals surface area contributed by atoms with Crippen LogP contribution in [0.3, 0.4) is 0 Å². The van der Waals surface area contributed by atoms with Crippen molar-refractivity contribution >= 4 is 39.0 Å². The van der Waals surface area contributed by atoms with Crippen LogP contribution in [0, 0.1) is 0 Å². The lowest BCUT2D eigenvalue weighted by Crippen LogP contribution is -2.49. The Morgan fingerprint density at radius 1 is 1.22 bits per heavy atom. The summed E-state index contributed by atoms with van der Waals surface area (Å²) in [6, 6.07) is 12.6. The minimum atomic E-state index is -3.52. The largest absolute Gasteiger partial charge is 0.461 e. The van der Waals surface area contributed by atoms with E-state index in [1.807, 2.05) is 54.1 Å². The molecule has 0 saturated heterocycles. The number of anilines is 1. The van der Waals surface area contributed by atoms with E-state index in [9.17, 15) is 18.0 Å². The molecule has 1 aliphatic heterocycles. The molecule has 0 aliphatic carbocycles. The van der Waals surface area contributed by atoms with Gasteiger partial charge in [-0.3, -0.25) is 13.9 Å². The molecule has 3 aromatic rings. The number of hydrogen-bond donors (Lipinski definition) is 2. The van der Waals surface area contributed by atoms with Crippen molar-refractivity contribution in [3.63, 3.8) is 0 Å². The molecule has 1 aliphatic rings. The third kappa shape index (κ3) is 5.10. The van der Waals surface area contributed by atoms with Crippen molar-refractivity contribution in [2.24, 2.45) is 0 Å². The highest BCUT2D eigenvalue weighted by Gasteiger charge is 2.30. The molecule has 0 fully saturated rings. The Balaban J connectivity index is 1.75. The van der Waals surface area contributed by atoms with E-state index in [0.29, 0.717) is 37.2 Å². The Hall–Kier alpha value is -3.37. The van der Waals surface area contributed by atoms with Gasteiger partial charge in [0.2, 0.25) is 10.0 Å². The molecule has 0 spiro atoms. The van der Waals surface area contributed by atoms with Crippen LogP contribution in [0.5, 0.6) is 0 Å². The Bertz CT molecular complexity index is 1350. The van der Waals surface area contributed by atoms with E-state index in [-0.39, 0.29) is 11.7 Å². The van der Waals surface area contributed by atoms with Crippen molar-refractivity contribution in [1.82, 2.24) is 15.2 Å². The molecular weight excluding hydrogens is 480 g/mol. The lowest BCUT2D eigenvalue weighted by molar-refractivity contribution is -0.134. The zero-order valence-electron chi connectivity index (χ0n) is 20.7. The zero-order valence-corrected chi connectivity index (χ0v) is 21.5.